The Hall–Kier alpha value is -4.11. The van der Waals surface area contributed by atoms with Crippen molar-refractivity contribution in [3.63, 3.8) is 0 Å². The van der Waals surface area contributed by atoms with Gasteiger partial charge in [-0.25, -0.2) is 4.98 Å². The summed E-state index contributed by atoms with van der Waals surface area (Å²) in [6.07, 6.45) is 2.98. The van der Waals surface area contributed by atoms with Gasteiger partial charge < -0.3 is 19.9 Å². The molecule has 0 aliphatic rings. The summed E-state index contributed by atoms with van der Waals surface area (Å²) in [4.78, 5) is 44.7. The second-order valence-electron chi connectivity index (χ2n) is 9.79. The molecule has 3 amide bonds. The quantitative estimate of drug-likeness (QED) is 0.186. The highest BCUT2D eigenvalue weighted by Gasteiger charge is 2.19. The van der Waals surface area contributed by atoms with Gasteiger partial charge in [0, 0.05) is 53.9 Å². The number of anilines is 2. The molecule has 4 rings (SSSR count). The van der Waals surface area contributed by atoms with Crippen molar-refractivity contribution in [3.8, 4) is 5.75 Å². The van der Waals surface area contributed by atoms with Crippen LogP contribution in [0.3, 0.4) is 0 Å². The van der Waals surface area contributed by atoms with Gasteiger partial charge in [0.2, 0.25) is 17.7 Å². The summed E-state index contributed by atoms with van der Waals surface area (Å²) in [5.41, 5.74) is 4.11. The number of nitrogens with one attached hydrogen (secondary N) is 1. The minimum atomic E-state index is -0.431. The molecule has 1 N–H and O–H groups in total. The number of hydrogen-bond donors (Lipinski definition) is 1. The molecule has 0 bridgehead atoms. The molecule has 0 saturated heterocycles. The molecule has 44 heavy (non-hydrogen) atoms. The number of likely N-dealkylation sites (N-methyl/N-ethyl adjacent to an activating group) is 1. The van der Waals surface area contributed by atoms with Gasteiger partial charge in [-0.05, 0) is 61.9 Å². The van der Waals surface area contributed by atoms with Crippen LogP contribution in [0, 0.1) is 6.92 Å². The Balaban J connectivity index is 0.00000529. The van der Waals surface area contributed by atoms with E-state index in [0.29, 0.717) is 28.6 Å². The molecule has 0 spiro atoms. The summed E-state index contributed by atoms with van der Waals surface area (Å²) >= 11 is 13.2. The summed E-state index contributed by atoms with van der Waals surface area (Å²) in [5.74, 6) is -0.258. The molecule has 4 aromatic rings. The van der Waals surface area contributed by atoms with Crippen LogP contribution in [0.2, 0.25) is 10.0 Å². The Morgan fingerprint density at radius 1 is 1.00 bits per heavy atom. The van der Waals surface area contributed by atoms with Crippen LogP contribution < -0.4 is 19.9 Å². The second kappa shape index (κ2) is 15.6. The molecule has 1 aromatic heterocycles. The van der Waals surface area contributed by atoms with Gasteiger partial charge in [0.1, 0.15) is 17.9 Å². The lowest BCUT2D eigenvalue weighted by molar-refractivity contribution is -0.122. The Morgan fingerprint density at radius 3 is 2.41 bits per heavy atom. The Bertz CT molecular complexity index is 1690. The number of nitrogens with zero attached hydrogens (tertiary/aromatic N) is 3. The van der Waals surface area contributed by atoms with Crippen molar-refractivity contribution in [2.75, 3.05) is 29.9 Å². The molecule has 0 aliphatic heterocycles. The van der Waals surface area contributed by atoms with Crippen molar-refractivity contribution in [1.29, 1.82) is 0 Å². The van der Waals surface area contributed by atoms with E-state index in [1.54, 1.807) is 30.2 Å². The van der Waals surface area contributed by atoms with Crippen molar-refractivity contribution in [1.82, 2.24) is 10.3 Å². The molecule has 0 radical (unpaired) electrons. The molecule has 8 nitrogen and oxygen atoms in total. The van der Waals surface area contributed by atoms with Gasteiger partial charge in [-0.2, -0.15) is 0 Å². The lowest BCUT2D eigenvalue weighted by Gasteiger charge is -2.21. The molecular formula is C33H33Cl3N4O4. The fourth-order valence-electron chi connectivity index (χ4n) is 4.46. The first-order valence-electron chi connectivity index (χ1n) is 13.7. The summed E-state index contributed by atoms with van der Waals surface area (Å²) in [6, 6.07) is 20.1. The van der Waals surface area contributed by atoms with E-state index in [0.717, 1.165) is 27.8 Å². The zero-order valence-corrected chi connectivity index (χ0v) is 27.1. The van der Waals surface area contributed by atoms with Gasteiger partial charge in [-0.15, -0.1) is 12.4 Å². The molecular weight excluding hydrogens is 623 g/mol. The number of amides is 3. The van der Waals surface area contributed by atoms with E-state index in [9.17, 15) is 14.4 Å². The van der Waals surface area contributed by atoms with Crippen LogP contribution in [0.5, 0.6) is 5.75 Å². The second-order valence-corrected chi connectivity index (χ2v) is 10.6. The normalized spacial score (nSPS) is 10.8. The van der Waals surface area contributed by atoms with E-state index >= 15 is 0 Å². The number of para-hydroxylation sites is 1. The summed E-state index contributed by atoms with van der Waals surface area (Å²) < 4.78 is 6.08. The third kappa shape index (κ3) is 8.29. The number of aryl methyl sites for hydroxylation is 1. The average molecular weight is 656 g/mol. The highest BCUT2D eigenvalue weighted by atomic mass is 35.5. The predicted molar refractivity (Wildman–Crippen MR) is 180 cm³/mol. The molecule has 0 atom stereocenters. The standard InChI is InChI=1S/C33H32Cl2N4O4.ClH/c1-5-39(22(3)40)25-14-10-23(11-15-25)12-18-30(41)36-19-31(42)38(4)28-17-16-27(34)26(32(28)35)20-43-29-8-6-7-24-13-9-21(2)37-33(24)29;/h6-18H,5,19-20H2,1-4H3,(H,36,41);1H. The van der Waals surface area contributed by atoms with Crippen molar-refractivity contribution in [3.05, 3.63) is 99.7 Å². The van der Waals surface area contributed by atoms with Gasteiger partial charge in [0.05, 0.1) is 17.3 Å². The molecule has 11 heteroatoms. The van der Waals surface area contributed by atoms with Crippen LogP contribution in [-0.2, 0) is 21.0 Å². The number of aromatic nitrogens is 1. The summed E-state index contributed by atoms with van der Waals surface area (Å²) in [7, 11) is 1.57. The largest absolute Gasteiger partial charge is 0.487 e. The van der Waals surface area contributed by atoms with Crippen LogP contribution in [0.1, 0.15) is 30.7 Å². The Kier molecular flexibility index (Phi) is 12.2. The monoisotopic (exact) mass is 654 g/mol. The number of benzene rings is 3. The SMILES string of the molecule is CCN(C(C)=O)c1ccc(C=CC(=O)NCC(=O)N(C)c2ccc(Cl)c(COc3cccc4ccc(C)nc34)c2Cl)cc1.Cl. The molecule has 230 valence electrons. The number of hydrogen-bond acceptors (Lipinski definition) is 5. The lowest BCUT2D eigenvalue weighted by Crippen LogP contribution is -2.37. The molecule has 0 unspecified atom stereocenters. The van der Waals surface area contributed by atoms with E-state index in [4.69, 9.17) is 27.9 Å². The van der Waals surface area contributed by atoms with Crippen molar-refractivity contribution in [2.24, 2.45) is 0 Å². The molecule has 3 aromatic carbocycles. The third-order valence-electron chi connectivity index (χ3n) is 6.84. The molecule has 1 heterocycles. The minimum absolute atomic E-state index is 0. The smallest absolute Gasteiger partial charge is 0.246 e. The van der Waals surface area contributed by atoms with E-state index in [-0.39, 0.29) is 42.4 Å². The maximum Gasteiger partial charge on any atom is 0.246 e. The highest BCUT2D eigenvalue weighted by molar-refractivity contribution is 6.38. The topological polar surface area (TPSA) is 91.8 Å². The Morgan fingerprint density at radius 2 is 1.73 bits per heavy atom. The van der Waals surface area contributed by atoms with Crippen molar-refractivity contribution >= 4 is 81.7 Å². The van der Waals surface area contributed by atoms with Crippen LogP contribution in [-0.4, -0.2) is 42.8 Å². The number of rotatable bonds is 10. The average Bonchev–Trinajstić information content (AvgIpc) is 2.99. The van der Waals surface area contributed by atoms with Gasteiger partial charge in [0.15, 0.2) is 0 Å². The number of ether oxygens (including phenoxy) is 1. The number of pyridine rings is 1. The first-order valence-corrected chi connectivity index (χ1v) is 14.4. The fraction of sp³-hybridized carbons (Fsp3) is 0.212. The minimum Gasteiger partial charge on any atom is -0.487 e. The van der Waals surface area contributed by atoms with Crippen LogP contribution in [0.25, 0.3) is 17.0 Å². The van der Waals surface area contributed by atoms with Gasteiger partial charge in [0.25, 0.3) is 0 Å². The zero-order valence-electron chi connectivity index (χ0n) is 24.8. The lowest BCUT2D eigenvalue weighted by atomic mass is 10.1. The van der Waals surface area contributed by atoms with E-state index in [1.807, 2.05) is 68.4 Å². The molecule has 0 fully saturated rings. The predicted octanol–water partition coefficient (Wildman–Crippen LogP) is 7.02. The molecule has 0 aliphatic carbocycles. The van der Waals surface area contributed by atoms with Gasteiger partial charge >= 0.3 is 0 Å². The first-order chi connectivity index (χ1) is 20.6. The number of fused-ring (bicyclic) bond motifs is 1. The third-order valence-corrected chi connectivity index (χ3v) is 7.61. The number of carbonyl (C=O) groups is 3. The summed E-state index contributed by atoms with van der Waals surface area (Å²) in [6.45, 7) is 5.72. The Labute approximate surface area is 273 Å². The van der Waals surface area contributed by atoms with Crippen molar-refractivity contribution in [2.45, 2.75) is 27.4 Å². The van der Waals surface area contributed by atoms with Gasteiger partial charge in [-0.1, -0.05) is 53.5 Å². The maximum absolute atomic E-state index is 12.9. The fourth-order valence-corrected chi connectivity index (χ4v) is 5.07. The van der Waals surface area contributed by atoms with Crippen LogP contribution in [0.4, 0.5) is 11.4 Å². The van der Waals surface area contributed by atoms with Crippen LogP contribution in [0.15, 0.2) is 72.8 Å². The van der Waals surface area contributed by atoms with Crippen molar-refractivity contribution < 1.29 is 19.1 Å². The van der Waals surface area contributed by atoms with E-state index in [1.165, 1.54) is 17.9 Å². The van der Waals surface area contributed by atoms with E-state index < -0.39 is 5.91 Å². The highest BCUT2D eigenvalue weighted by Crippen LogP contribution is 2.35. The van der Waals surface area contributed by atoms with E-state index in [2.05, 4.69) is 10.3 Å². The number of carbonyl (C=O) groups excluding carboxylic acids is 3. The maximum atomic E-state index is 12.9. The van der Waals surface area contributed by atoms with Gasteiger partial charge in [-0.3, -0.25) is 14.4 Å². The molecule has 0 saturated carbocycles. The summed E-state index contributed by atoms with van der Waals surface area (Å²) in [5, 5.41) is 4.22. The first kappa shape index (κ1) is 34.4. The zero-order chi connectivity index (χ0) is 31.1. The van der Waals surface area contributed by atoms with Crippen LogP contribution >= 0.6 is 35.6 Å². The number of halogens is 3.